The molecule has 0 spiro atoms. The first-order valence-corrected chi connectivity index (χ1v) is 5.33. The topological polar surface area (TPSA) is 3.88 Å². The summed E-state index contributed by atoms with van der Waals surface area (Å²) in [7, 11) is 0. The number of hydrogen-bond donors (Lipinski definition) is 0. The molecule has 0 aliphatic carbocycles. The maximum Gasteiger partial charge on any atom is 0.174 e. The van der Waals surface area contributed by atoms with Crippen molar-refractivity contribution in [3.63, 3.8) is 0 Å². The molecule has 2 rings (SSSR count). The van der Waals surface area contributed by atoms with Gasteiger partial charge in [0.2, 0.25) is 0 Å². The van der Waals surface area contributed by atoms with Crippen LogP contribution in [-0.2, 0) is 6.54 Å². The van der Waals surface area contributed by atoms with Gasteiger partial charge in [-0.25, -0.2) is 4.57 Å². The Hall–Kier alpha value is -1.15. The van der Waals surface area contributed by atoms with Gasteiger partial charge in [-0.05, 0) is 6.07 Å². The molecule has 70 valence electrons. The van der Waals surface area contributed by atoms with E-state index >= 15 is 0 Å². The SMILES string of the molecule is Brc1ccccc1C[n+]1ccccc1. The van der Waals surface area contributed by atoms with Gasteiger partial charge in [0, 0.05) is 22.2 Å². The van der Waals surface area contributed by atoms with Crippen LogP contribution in [0.15, 0.2) is 59.3 Å². The van der Waals surface area contributed by atoms with Gasteiger partial charge >= 0.3 is 0 Å². The molecule has 0 atom stereocenters. The minimum atomic E-state index is 0.905. The summed E-state index contributed by atoms with van der Waals surface area (Å²) in [6.07, 6.45) is 4.14. The van der Waals surface area contributed by atoms with Crippen molar-refractivity contribution in [3.05, 3.63) is 64.9 Å². The Morgan fingerprint density at radius 1 is 0.929 bits per heavy atom. The zero-order valence-corrected chi connectivity index (χ0v) is 9.31. The van der Waals surface area contributed by atoms with Gasteiger partial charge in [-0.15, -0.1) is 0 Å². The molecule has 0 bridgehead atoms. The molecule has 1 heterocycles. The number of benzene rings is 1. The average Bonchev–Trinajstić information content (AvgIpc) is 2.23. The average molecular weight is 249 g/mol. The van der Waals surface area contributed by atoms with E-state index in [9.17, 15) is 0 Å². The van der Waals surface area contributed by atoms with E-state index in [1.807, 2.05) is 24.3 Å². The summed E-state index contributed by atoms with van der Waals surface area (Å²) < 4.78 is 3.32. The maximum absolute atomic E-state index is 3.54. The second-order valence-corrected chi connectivity index (χ2v) is 3.99. The van der Waals surface area contributed by atoms with Crippen LogP contribution in [0.4, 0.5) is 0 Å². The molecule has 0 saturated carbocycles. The highest BCUT2D eigenvalue weighted by molar-refractivity contribution is 9.10. The molecule has 0 saturated heterocycles. The summed E-state index contributed by atoms with van der Waals surface area (Å²) in [5.74, 6) is 0. The Bertz CT molecular complexity index is 412. The fraction of sp³-hybridized carbons (Fsp3) is 0.0833. The van der Waals surface area contributed by atoms with Crippen LogP contribution in [0.25, 0.3) is 0 Å². The molecule has 0 unspecified atom stereocenters. The highest BCUT2D eigenvalue weighted by Crippen LogP contribution is 2.14. The number of nitrogens with zero attached hydrogens (tertiary/aromatic N) is 1. The fourth-order valence-electron chi connectivity index (χ4n) is 1.36. The smallest absolute Gasteiger partial charge is 0.174 e. The Morgan fingerprint density at radius 2 is 1.64 bits per heavy atom. The zero-order valence-electron chi connectivity index (χ0n) is 7.73. The second kappa shape index (κ2) is 4.38. The molecule has 0 amide bonds. The van der Waals surface area contributed by atoms with Gasteiger partial charge < -0.3 is 0 Å². The van der Waals surface area contributed by atoms with Gasteiger partial charge in [-0.3, -0.25) is 0 Å². The van der Waals surface area contributed by atoms with Crippen molar-refractivity contribution in [1.29, 1.82) is 0 Å². The summed E-state index contributed by atoms with van der Waals surface area (Å²) in [4.78, 5) is 0. The molecule has 1 nitrogen and oxygen atoms in total. The van der Waals surface area contributed by atoms with Crippen molar-refractivity contribution in [2.45, 2.75) is 6.54 Å². The van der Waals surface area contributed by atoms with Crippen LogP contribution in [-0.4, -0.2) is 0 Å². The van der Waals surface area contributed by atoms with Gasteiger partial charge in [0.15, 0.2) is 18.9 Å². The van der Waals surface area contributed by atoms with E-state index in [0.717, 1.165) is 11.0 Å². The van der Waals surface area contributed by atoms with Crippen molar-refractivity contribution in [2.75, 3.05) is 0 Å². The Kier molecular flexibility index (Phi) is 2.94. The maximum atomic E-state index is 3.54. The van der Waals surface area contributed by atoms with E-state index in [1.54, 1.807) is 0 Å². The number of halogens is 1. The van der Waals surface area contributed by atoms with E-state index in [1.165, 1.54) is 5.56 Å². The standard InChI is InChI=1S/C12H11BrN/c13-12-7-3-2-6-11(12)10-14-8-4-1-5-9-14/h1-9H,10H2/q+1. The normalized spacial score (nSPS) is 10.1. The number of rotatable bonds is 2. The molecule has 14 heavy (non-hydrogen) atoms. The monoisotopic (exact) mass is 248 g/mol. The lowest BCUT2D eigenvalue weighted by Gasteiger charge is -1.99. The lowest BCUT2D eigenvalue weighted by atomic mass is 10.2. The molecule has 0 aliphatic heterocycles. The second-order valence-electron chi connectivity index (χ2n) is 3.14. The first kappa shape index (κ1) is 9.41. The summed E-state index contributed by atoms with van der Waals surface area (Å²) in [6, 6.07) is 14.4. The minimum Gasteiger partial charge on any atom is -0.201 e. The summed E-state index contributed by atoms with van der Waals surface area (Å²) in [5.41, 5.74) is 1.30. The third kappa shape index (κ3) is 2.20. The fourth-order valence-corrected chi connectivity index (χ4v) is 1.77. The predicted octanol–water partition coefficient (Wildman–Crippen LogP) is 2.78. The summed E-state index contributed by atoms with van der Waals surface area (Å²) >= 11 is 3.54. The summed E-state index contributed by atoms with van der Waals surface area (Å²) in [6.45, 7) is 0.905. The van der Waals surface area contributed by atoms with Gasteiger partial charge in [0.1, 0.15) is 0 Å². The molecule has 2 aromatic rings. The van der Waals surface area contributed by atoms with Crippen molar-refractivity contribution >= 4 is 15.9 Å². The third-order valence-corrected chi connectivity index (χ3v) is 2.86. The van der Waals surface area contributed by atoms with Gasteiger partial charge in [0.25, 0.3) is 0 Å². The van der Waals surface area contributed by atoms with Crippen LogP contribution in [0.3, 0.4) is 0 Å². The van der Waals surface area contributed by atoms with Crippen LogP contribution in [0.5, 0.6) is 0 Å². The molecule has 0 fully saturated rings. The first-order chi connectivity index (χ1) is 6.86. The third-order valence-electron chi connectivity index (χ3n) is 2.09. The molecule has 0 radical (unpaired) electrons. The van der Waals surface area contributed by atoms with E-state index < -0.39 is 0 Å². The van der Waals surface area contributed by atoms with Gasteiger partial charge in [0.05, 0.1) is 0 Å². The molecule has 0 aliphatic rings. The molecular formula is C12H11BrN+. The van der Waals surface area contributed by atoms with Crippen molar-refractivity contribution in [3.8, 4) is 0 Å². The Morgan fingerprint density at radius 3 is 2.36 bits per heavy atom. The first-order valence-electron chi connectivity index (χ1n) is 4.54. The van der Waals surface area contributed by atoms with Crippen LogP contribution in [0, 0.1) is 0 Å². The van der Waals surface area contributed by atoms with Crippen molar-refractivity contribution < 1.29 is 4.57 Å². The van der Waals surface area contributed by atoms with Crippen LogP contribution >= 0.6 is 15.9 Å². The van der Waals surface area contributed by atoms with Gasteiger partial charge in [-0.2, -0.15) is 0 Å². The molecule has 1 aromatic carbocycles. The van der Waals surface area contributed by atoms with Gasteiger partial charge in [-0.1, -0.05) is 40.2 Å². The molecular weight excluding hydrogens is 238 g/mol. The largest absolute Gasteiger partial charge is 0.201 e. The van der Waals surface area contributed by atoms with E-state index in [-0.39, 0.29) is 0 Å². The van der Waals surface area contributed by atoms with E-state index in [2.05, 4.69) is 51.1 Å². The van der Waals surface area contributed by atoms with Crippen molar-refractivity contribution in [2.24, 2.45) is 0 Å². The highest BCUT2D eigenvalue weighted by atomic mass is 79.9. The Labute approximate surface area is 92.2 Å². The van der Waals surface area contributed by atoms with Crippen LogP contribution < -0.4 is 4.57 Å². The molecule has 1 aromatic heterocycles. The summed E-state index contributed by atoms with van der Waals surface area (Å²) in [5, 5.41) is 0. The van der Waals surface area contributed by atoms with Crippen molar-refractivity contribution in [1.82, 2.24) is 0 Å². The quantitative estimate of drug-likeness (QED) is 0.720. The number of pyridine rings is 1. The van der Waals surface area contributed by atoms with E-state index in [0.29, 0.717) is 0 Å². The van der Waals surface area contributed by atoms with Crippen LogP contribution in [0.1, 0.15) is 5.56 Å². The van der Waals surface area contributed by atoms with Crippen LogP contribution in [0.2, 0.25) is 0 Å². The molecule has 2 heteroatoms. The zero-order chi connectivity index (χ0) is 9.80. The Balaban J connectivity index is 2.24. The number of aromatic nitrogens is 1. The molecule has 0 N–H and O–H groups in total. The minimum absolute atomic E-state index is 0.905. The number of hydrogen-bond acceptors (Lipinski definition) is 0. The lowest BCUT2D eigenvalue weighted by Crippen LogP contribution is -2.32. The lowest BCUT2D eigenvalue weighted by molar-refractivity contribution is -0.688. The highest BCUT2D eigenvalue weighted by Gasteiger charge is 2.03. The predicted molar refractivity (Wildman–Crippen MR) is 59.9 cm³/mol. The van der Waals surface area contributed by atoms with E-state index in [4.69, 9.17) is 0 Å².